The Balaban J connectivity index is 0.000000151. The van der Waals surface area contributed by atoms with Crippen LogP contribution in [-0.2, 0) is 16.1 Å². The van der Waals surface area contributed by atoms with E-state index in [-0.39, 0.29) is 5.91 Å². The number of aromatic nitrogens is 2. The average molecular weight is 533 g/mol. The Hall–Kier alpha value is -4.11. The van der Waals surface area contributed by atoms with Gasteiger partial charge in [-0.05, 0) is 63.8 Å². The Labute approximate surface area is 227 Å². The van der Waals surface area contributed by atoms with Crippen LogP contribution >= 0.6 is 0 Å². The van der Waals surface area contributed by atoms with Crippen LogP contribution in [0.1, 0.15) is 64.4 Å². The number of aliphatic carboxylic acids is 2. The van der Waals surface area contributed by atoms with Gasteiger partial charge in [-0.3, -0.25) is 4.79 Å². The molecule has 0 bridgehead atoms. The third kappa shape index (κ3) is 5.02. The third-order valence-electron chi connectivity index (χ3n) is 7.65. The highest BCUT2D eigenvalue weighted by molar-refractivity contribution is 6.27. The van der Waals surface area contributed by atoms with Crippen molar-refractivity contribution in [2.24, 2.45) is 0 Å². The maximum atomic E-state index is 12.0. The summed E-state index contributed by atoms with van der Waals surface area (Å²) in [5, 5.41) is 23.8. The van der Waals surface area contributed by atoms with Crippen molar-refractivity contribution in [3.05, 3.63) is 70.0 Å². The van der Waals surface area contributed by atoms with Gasteiger partial charge in [-0.25, -0.2) is 9.59 Å². The molecule has 2 aliphatic rings. The topological polar surface area (TPSA) is 126 Å². The molecule has 4 aromatic rings. The van der Waals surface area contributed by atoms with E-state index in [0.29, 0.717) is 18.6 Å². The van der Waals surface area contributed by atoms with Crippen molar-refractivity contribution in [1.29, 1.82) is 0 Å². The molecule has 206 valence electrons. The lowest BCUT2D eigenvalue weighted by molar-refractivity contribution is -0.159. The number of carbonyl (C=O) groups excluding carboxylic acids is 1. The molecule has 0 unspecified atom stereocenters. The fourth-order valence-corrected chi connectivity index (χ4v) is 5.78. The Morgan fingerprint density at radius 1 is 0.795 bits per heavy atom. The Morgan fingerprint density at radius 2 is 1.31 bits per heavy atom. The van der Waals surface area contributed by atoms with Crippen molar-refractivity contribution in [2.45, 2.75) is 60.2 Å². The van der Waals surface area contributed by atoms with E-state index in [9.17, 15) is 4.79 Å². The number of para-hydroxylation sites is 2. The van der Waals surface area contributed by atoms with Crippen LogP contribution < -0.4 is 10.6 Å². The summed E-state index contributed by atoms with van der Waals surface area (Å²) in [4.78, 5) is 30.2. The van der Waals surface area contributed by atoms with Gasteiger partial charge in [0.15, 0.2) is 0 Å². The highest BCUT2D eigenvalue weighted by Crippen LogP contribution is 2.33. The highest BCUT2D eigenvalue weighted by atomic mass is 16.4. The summed E-state index contributed by atoms with van der Waals surface area (Å²) in [5.41, 5.74) is 10.1. The summed E-state index contributed by atoms with van der Waals surface area (Å²) in [6.07, 6.45) is 0. The first-order valence-electron chi connectivity index (χ1n) is 13.1. The number of benzene rings is 2. The van der Waals surface area contributed by atoms with Crippen LogP contribution in [0.5, 0.6) is 0 Å². The summed E-state index contributed by atoms with van der Waals surface area (Å²) in [7, 11) is 0. The predicted molar refractivity (Wildman–Crippen MR) is 152 cm³/mol. The summed E-state index contributed by atoms with van der Waals surface area (Å²) in [5.74, 6) is -3.60. The first kappa shape index (κ1) is 27.9. The second-order valence-electron chi connectivity index (χ2n) is 10.4. The van der Waals surface area contributed by atoms with Crippen molar-refractivity contribution >= 4 is 39.7 Å². The lowest BCUT2D eigenvalue weighted by Crippen LogP contribution is -2.38. The summed E-state index contributed by atoms with van der Waals surface area (Å²) >= 11 is 0. The summed E-state index contributed by atoms with van der Waals surface area (Å²) in [6.45, 7) is 15.8. The Bertz CT molecular complexity index is 1580. The summed E-state index contributed by atoms with van der Waals surface area (Å²) < 4.78 is 4.72. The quantitative estimate of drug-likeness (QED) is 0.245. The van der Waals surface area contributed by atoms with E-state index in [0.717, 1.165) is 24.3 Å². The van der Waals surface area contributed by atoms with Gasteiger partial charge < -0.3 is 30.0 Å². The molecule has 9 nitrogen and oxygen atoms in total. The van der Waals surface area contributed by atoms with E-state index in [2.05, 4.69) is 90.8 Å². The second-order valence-corrected chi connectivity index (χ2v) is 10.4. The zero-order valence-corrected chi connectivity index (χ0v) is 23.3. The molecule has 2 aromatic heterocycles. The minimum Gasteiger partial charge on any atom is -0.473 e. The minimum absolute atomic E-state index is 0.0520. The van der Waals surface area contributed by atoms with Crippen LogP contribution in [0.25, 0.3) is 21.8 Å². The normalized spacial score (nSPS) is 17.7. The van der Waals surface area contributed by atoms with Crippen LogP contribution in [0.4, 0.5) is 0 Å². The molecular formula is C30H36N4O5. The lowest BCUT2D eigenvalue weighted by Gasteiger charge is -2.25. The number of hydrogen-bond acceptors (Lipinski definition) is 4. The van der Waals surface area contributed by atoms with Gasteiger partial charge in [0.25, 0.3) is 5.91 Å². The maximum absolute atomic E-state index is 12.0. The van der Waals surface area contributed by atoms with Gasteiger partial charge in [0.1, 0.15) is 5.69 Å². The first-order chi connectivity index (χ1) is 18.5. The SMILES string of the molecule is Cc1c2n(c3c(C)cccc13)[C@H](C)CNC2.Cc1c2n(c3c(C)cccc13)[C@H](C)CNC2=O.O=C(O)C(=O)O. The molecule has 0 aliphatic carbocycles. The molecule has 39 heavy (non-hydrogen) atoms. The Morgan fingerprint density at radius 3 is 1.87 bits per heavy atom. The molecule has 6 rings (SSSR count). The highest BCUT2D eigenvalue weighted by Gasteiger charge is 2.28. The molecule has 0 radical (unpaired) electrons. The number of carboxylic acid groups (broad SMARTS) is 2. The molecule has 2 aliphatic heterocycles. The van der Waals surface area contributed by atoms with Crippen LogP contribution in [-0.4, -0.2) is 50.3 Å². The van der Waals surface area contributed by atoms with Crippen molar-refractivity contribution in [3.63, 3.8) is 0 Å². The van der Waals surface area contributed by atoms with Gasteiger partial charge in [0.2, 0.25) is 0 Å². The zero-order chi connectivity index (χ0) is 28.6. The van der Waals surface area contributed by atoms with E-state index in [1.54, 1.807) is 0 Å². The fraction of sp³-hybridized carbons (Fsp3) is 0.367. The minimum atomic E-state index is -1.82. The van der Waals surface area contributed by atoms with Crippen molar-refractivity contribution in [3.8, 4) is 0 Å². The van der Waals surface area contributed by atoms with Gasteiger partial charge in [0.05, 0.1) is 11.0 Å². The molecular weight excluding hydrogens is 496 g/mol. The average Bonchev–Trinajstić information content (AvgIpc) is 3.37. The smallest absolute Gasteiger partial charge is 0.414 e. The lowest BCUT2D eigenvalue weighted by atomic mass is 10.1. The number of hydrogen-bond donors (Lipinski definition) is 4. The van der Waals surface area contributed by atoms with Crippen molar-refractivity contribution in [2.75, 3.05) is 13.1 Å². The monoisotopic (exact) mass is 532 g/mol. The molecule has 0 saturated heterocycles. The van der Waals surface area contributed by atoms with Gasteiger partial charge in [-0.2, -0.15) is 0 Å². The predicted octanol–water partition coefficient (Wildman–Crippen LogP) is 4.64. The number of fused-ring (bicyclic) bond motifs is 6. The van der Waals surface area contributed by atoms with Gasteiger partial charge in [-0.1, -0.05) is 36.4 Å². The number of amides is 1. The van der Waals surface area contributed by atoms with Crippen LogP contribution in [0.3, 0.4) is 0 Å². The maximum Gasteiger partial charge on any atom is 0.414 e. The summed E-state index contributed by atoms with van der Waals surface area (Å²) in [6, 6.07) is 13.8. The number of aryl methyl sites for hydroxylation is 4. The first-order valence-corrected chi connectivity index (χ1v) is 13.1. The standard InChI is InChI=1S/C14H16N2O.C14H18N2.C2H2O4/c1-8-5-4-6-11-10(3)13-14(17)15-7-9(2)16(13)12(8)11;1-9-5-4-6-12-11(3)13-8-15-7-10(2)16(13)14(9)12;3-1(4)2(5)6/h4-6,9H,7H2,1-3H3,(H,15,17);4-6,10,15H,7-8H2,1-3H3;(H,3,4)(H,5,6)/t9-;10-;/m11./s1. The number of carboxylic acids is 2. The number of carbonyl (C=O) groups is 3. The van der Waals surface area contributed by atoms with Crippen LogP contribution in [0, 0.1) is 27.7 Å². The fourth-order valence-electron chi connectivity index (χ4n) is 5.78. The number of nitrogens with zero attached hydrogens (tertiary/aromatic N) is 2. The number of nitrogens with one attached hydrogen (secondary N) is 2. The van der Waals surface area contributed by atoms with E-state index in [1.165, 1.54) is 44.2 Å². The molecule has 0 fully saturated rings. The van der Waals surface area contributed by atoms with E-state index in [1.807, 2.05) is 6.92 Å². The Kier molecular flexibility index (Phi) is 7.83. The molecule has 2 aromatic carbocycles. The molecule has 0 saturated carbocycles. The third-order valence-corrected chi connectivity index (χ3v) is 7.65. The van der Waals surface area contributed by atoms with Gasteiger partial charge in [0, 0.05) is 48.2 Å². The van der Waals surface area contributed by atoms with Gasteiger partial charge in [-0.15, -0.1) is 0 Å². The molecule has 0 spiro atoms. The van der Waals surface area contributed by atoms with Crippen LogP contribution in [0.2, 0.25) is 0 Å². The van der Waals surface area contributed by atoms with E-state index < -0.39 is 11.9 Å². The molecule has 9 heteroatoms. The van der Waals surface area contributed by atoms with Crippen LogP contribution in [0.15, 0.2) is 36.4 Å². The largest absolute Gasteiger partial charge is 0.473 e. The number of rotatable bonds is 0. The molecule has 1 amide bonds. The second kappa shape index (κ2) is 10.9. The zero-order valence-electron chi connectivity index (χ0n) is 23.3. The molecule has 2 atom stereocenters. The molecule has 4 N–H and O–H groups in total. The van der Waals surface area contributed by atoms with Crippen molar-refractivity contribution < 1.29 is 24.6 Å². The molecule has 4 heterocycles. The van der Waals surface area contributed by atoms with E-state index in [4.69, 9.17) is 19.8 Å². The van der Waals surface area contributed by atoms with Gasteiger partial charge >= 0.3 is 11.9 Å². The van der Waals surface area contributed by atoms with E-state index >= 15 is 0 Å². The van der Waals surface area contributed by atoms with Crippen molar-refractivity contribution in [1.82, 2.24) is 19.8 Å².